The topological polar surface area (TPSA) is 32.3 Å². The van der Waals surface area contributed by atoms with E-state index in [0.29, 0.717) is 6.54 Å². The Balaban J connectivity index is 1.90. The normalized spacial score (nSPS) is 18.3. The molecule has 0 radical (unpaired) electrons. The summed E-state index contributed by atoms with van der Waals surface area (Å²) in [4.78, 5) is 15.4. The van der Waals surface area contributed by atoms with Crippen molar-refractivity contribution in [1.82, 2.24) is 10.2 Å². The summed E-state index contributed by atoms with van der Waals surface area (Å²) >= 11 is 1.65. The van der Waals surface area contributed by atoms with E-state index in [1.54, 1.807) is 11.3 Å². The zero-order valence-electron chi connectivity index (χ0n) is 9.66. The third-order valence-corrected chi connectivity index (χ3v) is 3.71. The van der Waals surface area contributed by atoms with Crippen LogP contribution in [-0.2, 0) is 0 Å². The van der Waals surface area contributed by atoms with E-state index in [2.05, 4.69) is 10.2 Å². The minimum Gasteiger partial charge on any atom is -0.315 e. The quantitative estimate of drug-likeness (QED) is 0.811. The van der Waals surface area contributed by atoms with E-state index >= 15 is 0 Å². The predicted octanol–water partition coefficient (Wildman–Crippen LogP) is 1.53. The van der Waals surface area contributed by atoms with Gasteiger partial charge in [0.2, 0.25) is 0 Å². The van der Waals surface area contributed by atoms with Gasteiger partial charge in [-0.2, -0.15) is 0 Å². The monoisotopic (exact) mass is 238 g/mol. The molecule has 1 aromatic heterocycles. The van der Waals surface area contributed by atoms with Crippen LogP contribution in [-0.4, -0.2) is 43.4 Å². The smallest absolute Gasteiger partial charge is 0.177 e. The lowest BCUT2D eigenvalue weighted by molar-refractivity contribution is 0.0935. The number of nitrogens with one attached hydrogen (secondary N) is 1. The summed E-state index contributed by atoms with van der Waals surface area (Å²) in [6.45, 7) is 6.68. The third kappa shape index (κ3) is 3.14. The molecule has 3 nitrogen and oxygen atoms in total. The van der Waals surface area contributed by atoms with E-state index in [1.165, 1.54) is 4.88 Å². The molecule has 1 N–H and O–H groups in total. The molecule has 0 atom stereocenters. The predicted molar refractivity (Wildman–Crippen MR) is 67.3 cm³/mol. The Hall–Kier alpha value is -0.710. The van der Waals surface area contributed by atoms with Gasteiger partial charge in [-0.1, -0.05) is 0 Å². The summed E-state index contributed by atoms with van der Waals surface area (Å²) in [6.07, 6.45) is 1.13. The second kappa shape index (κ2) is 5.57. The molecule has 0 saturated carbocycles. The summed E-state index contributed by atoms with van der Waals surface area (Å²) < 4.78 is 0. The number of hydrogen-bond acceptors (Lipinski definition) is 4. The lowest BCUT2D eigenvalue weighted by Crippen LogP contribution is -2.32. The van der Waals surface area contributed by atoms with Gasteiger partial charge in [-0.05, 0) is 32.5 Å². The Labute approximate surface area is 100 Å². The number of carbonyl (C=O) groups is 1. The summed E-state index contributed by atoms with van der Waals surface area (Å²) in [5, 5.41) is 5.31. The van der Waals surface area contributed by atoms with Crippen molar-refractivity contribution in [2.45, 2.75) is 13.3 Å². The van der Waals surface area contributed by atoms with Gasteiger partial charge in [0.1, 0.15) is 0 Å². The Bertz CT molecular complexity index is 354. The van der Waals surface area contributed by atoms with Crippen LogP contribution in [0.1, 0.15) is 21.7 Å². The van der Waals surface area contributed by atoms with Crippen LogP contribution < -0.4 is 5.32 Å². The summed E-state index contributed by atoms with van der Waals surface area (Å²) in [6, 6.07) is 1.99. The average Bonchev–Trinajstić information content (AvgIpc) is 2.54. The SMILES string of the molecule is Cc1cc(C(=O)CN2CCCNCC2)cs1. The Morgan fingerprint density at radius 3 is 3.12 bits per heavy atom. The fraction of sp³-hybridized carbons (Fsp3) is 0.583. The van der Waals surface area contributed by atoms with E-state index < -0.39 is 0 Å². The molecule has 0 amide bonds. The molecular formula is C12H18N2OS. The van der Waals surface area contributed by atoms with Gasteiger partial charge in [0.05, 0.1) is 6.54 Å². The number of rotatable bonds is 3. The summed E-state index contributed by atoms with van der Waals surface area (Å²) in [5.41, 5.74) is 0.875. The molecule has 2 rings (SSSR count). The molecule has 0 aliphatic carbocycles. The van der Waals surface area contributed by atoms with Crippen LogP contribution in [0.2, 0.25) is 0 Å². The molecule has 88 valence electrons. The van der Waals surface area contributed by atoms with E-state index in [-0.39, 0.29) is 5.78 Å². The van der Waals surface area contributed by atoms with Crippen LogP contribution in [0.5, 0.6) is 0 Å². The number of aryl methyl sites for hydroxylation is 1. The standard InChI is InChI=1S/C12H18N2OS/c1-10-7-11(9-16-10)12(15)8-14-5-2-3-13-4-6-14/h7,9,13H,2-6,8H2,1H3. The van der Waals surface area contributed by atoms with Gasteiger partial charge in [0.25, 0.3) is 0 Å². The number of hydrogen-bond donors (Lipinski definition) is 1. The molecule has 1 aliphatic heterocycles. The molecule has 0 bridgehead atoms. The van der Waals surface area contributed by atoms with Gasteiger partial charge in [0.15, 0.2) is 5.78 Å². The molecule has 1 fully saturated rings. The summed E-state index contributed by atoms with van der Waals surface area (Å²) in [5.74, 6) is 0.256. The van der Waals surface area contributed by atoms with Crippen molar-refractivity contribution in [2.24, 2.45) is 0 Å². The highest BCUT2D eigenvalue weighted by Crippen LogP contribution is 2.14. The third-order valence-electron chi connectivity index (χ3n) is 2.85. The first-order valence-corrected chi connectivity index (χ1v) is 6.65. The number of carbonyl (C=O) groups excluding carboxylic acids is 1. The number of Topliss-reactive ketones (excluding diaryl/α,β-unsaturated/α-hetero) is 1. The second-order valence-corrected chi connectivity index (χ2v) is 5.36. The highest BCUT2D eigenvalue weighted by molar-refractivity contribution is 7.10. The molecular weight excluding hydrogens is 220 g/mol. The van der Waals surface area contributed by atoms with Gasteiger partial charge in [-0.25, -0.2) is 0 Å². The fourth-order valence-corrected chi connectivity index (χ4v) is 2.65. The average molecular weight is 238 g/mol. The van der Waals surface area contributed by atoms with E-state index in [4.69, 9.17) is 0 Å². The zero-order chi connectivity index (χ0) is 11.4. The van der Waals surface area contributed by atoms with Gasteiger partial charge in [0, 0.05) is 28.9 Å². The van der Waals surface area contributed by atoms with E-state index in [9.17, 15) is 4.79 Å². The zero-order valence-corrected chi connectivity index (χ0v) is 10.5. The Morgan fingerprint density at radius 1 is 1.50 bits per heavy atom. The van der Waals surface area contributed by atoms with Crippen molar-refractivity contribution in [1.29, 1.82) is 0 Å². The highest BCUT2D eigenvalue weighted by atomic mass is 32.1. The molecule has 0 aromatic carbocycles. The van der Waals surface area contributed by atoms with E-state index in [0.717, 1.165) is 38.2 Å². The largest absolute Gasteiger partial charge is 0.315 e. The van der Waals surface area contributed by atoms with Crippen molar-refractivity contribution < 1.29 is 4.79 Å². The molecule has 16 heavy (non-hydrogen) atoms. The van der Waals surface area contributed by atoms with Gasteiger partial charge >= 0.3 is 0 Å². The minimum absolute atomic E-state index is 0.256. The summed E-state index contributed by atoms with van der Waals surface area (Å²) in [7, 11) is 0. The van der Waals surface area contributed by atoms with Crippen molar-refractivity contribution in [3.8, 4) is 0 Å². The van der Waals surface area contributed by atoms with Gasteiger partial charge in [-0.3, -0.25) is 9.69 Å². The molecule has 1 saturated heterocycles. The molecule has 1 aliphatic rings. The van der Waals surface area contributed by atoms with Crippen molar-refractivity contribution >= 4 is 17.1 Å². The van der Waals surface area contributed by atoms with Crippen LogP contribution in [0.4, 0.5) is 0 Å². The van der Waals surface area contributed by atoms with Crippen LogP contribution in [0, 0.1) is 6.92 Å². The molecule has 4 heteroatoms. The van der Waals surface area contributed by atoms with Gasteiger partial charge in [-0.15, -0.1) is 11.3 Å². The lowest BCUT2D eigenvalue weighted by Gasteiger charge is -2.17. The maximum atomic E-state index is 12.0. The van der Waals surface area contributed by atoms with Crippen LogP contribution in [0.3, 0.4) is 0 Å². The van der Waals surface area contributed by atoms with Crippen molar-refractivity contribution in [3.05, 3.63) is 21.9 Å². The first kappa shape index (κ1) is 11.8. The first-order valence-electron chi connectivity index (χ1n) is 5.77. The Kier molecular flexibility index (Phi) is 4.09. The second-order valence-electron chi connectivity index (χ2n) is 4.25. The maximum Gasteiger partial charge on any atom is 0.177 e. The Morgan fingerprint density at radius 2 is 2.38 bits per heavy atom. The number of ketones is 1. The molecule has 0 spiro atoms. The van der Waals surface area contributed by atoms with Crippen LogP contribution in [0.25, 0.3) is 0 Å². The van der Waals surface area contributed by atoms with Crippen molar-refractivity contribution in [3.63, 3.8) is 0 Å². The van der Waals surface area contributed by atoms with Crippen LogP contribution >= 0.6 is 11.3 Å². The van der Waals surface area contributed by atoms with Gasteiger partial charge < -0.3 is 5.32 Å². The van der Waals surface area contributed by atoms with E-state index in [1.807, 2.05) is 18.4 Å². The molecule has 0 unspecified atom stereocenters. The number of thiophene rings is 1. The molecule has 2 heterocycles. The maximum absolute atomic E-state index is 12.0. The van der Waals surface area contributed by atoms with Crippen LogP contribution in [0.15, 0.2) is 11.4 Å². The van der Waals surface area contributed by atoms with Crippen molar-refractivity contribution in [2.75, 3.05) is 32.7 Å². The first-order chi connectivity index (χ1) is 7.75. The fourth-order valence-electron chi connectivity index (χ4n) is 1.94. The highest BCUT2D eigenvalue weighted by Gasteiger charge is 2.14. The lowest BCUT2D eigenvalue weighted by atomic mass is 10.2. The number of nitrogens with zero attached hydrogens (tertiary/aromatic N) is 1. The minimum atomic E-state index is 0.256. The molecule has 1 aromatic rings.